The summed E-state index contributed by atoms with van der Waals surface area (Å²) in [5, 5.41) is 0. The Morgan fingerprint density at radius 1 is 1.53 bits per heavy atom. The molecule has 1 atom stereocenters. The summed E-state index contributed by atoms with van der Waals surface area (Å²) in [6, 6.07) is 5.78. The van der Waals surface area contributed by atoms with Gasteiger partial charge >= 0.3 is 0 Å². The predicted octanol–water partition coefficient (Wildman–Crippen LogP) is 1.97. The number of alkyl halides is 1. The maximum atomic E-state index is 11.8. The summed E-state index contributed by atoms with van der Waals surface area (Å²) in [4.78, 5) is 17.9. The Kier molecular flexibility index (Phi) is 3.36. The zero-order valence-electron chi connectivity index (χ0n) is 8.40. The van der Waals surface area contributed by atoms with Gasteiger partial charge in [-0.25, -0.2) is 0 Å². The second-order valence-corrected chi connectivity index (χ2v) is 4.80. The second-order valence-electron chi connectivity index (χ2n) is 3.69. The highest BCUT2D eigenvalue weighted by Gasteiger charge is 2.26. The van der Waals surface area contributed by atoms with E-state index in [2.05, 4.69) is 20.9 Å². The number of hydrogen-bond acceptors (Lipinski definition) is 2. The Labute approximate surface area is 97.6 Å². The lowest BCUT2D eigenvalue weighted by molar-refractivity contribution is -0.133. The van der Waals surface area contributed by atoms with Crippen molar-refractivity contribution >= 4 is 21.8 Å². The molecular weight excluding hydrogens is 256 g/mol. The fourth-order valence-corrected chi connectivity index (χ4v) is 2.35. The lowest BCUT2D eigenvalue weighted by atomic mass is 10.1. The van der Waals surface area contributed by atoms with Crippen LogP contribution in [0.2, 0.25) is 0 Å². The van der Waals surface area contributed by atoms with Gasteiger partial charge in [0.2, 0.25) is 5.91 Å². The molecule has 15 heavy (non-hydrogen) atoms. The standard InChI is InChI=1S/C11H13BrN2O/c12-10-5-3-7-14(11(10)15)8-9-4-1-2-6-13-9/h1-2,4,6,10H,3,5,7-8H2. The van der Waals surface area contributed by atoms with Gasteiger partial charge in [-0.3, -0.25) is 9.78 Å². The van der Waals surface area contributed by atoms with Crippen molar-refractivity contribution in [2.75, 3.05) is 6.54 Å². The molecule has 4 heteroatoms. The molecule has 0 spiro atoms. The normalized spacial score (nSPS) is 21.8. The van der Waals surface area contributed by atoms with Crippen molar-refractivity contribution in [1.29, 1.82) is 0 Å². The Morgan fingerprint density at radius 3 is 3.13 bits per heavy atom. The molecule has 1 unspecified atom stereocenters. The monoisotopic (exact) mass is 268 g/mol. The third kappa shape index (κ3) is 2.56. The largest absolute Gasteiger partial charge is 0.336 e. The molecule has 1 aromatic rings. The first-order chi connectivity index (χ1) is 7.27. The van der Waals surface area contributed by atoms with E-state index in [4.69, 9.17) is 0 Å². The maximum Gasteiger partial charge on any atom is 0.236 e. The quantitative estimate of drug-likeness (QED) is 0.769. The molecule has 1 aliphatic heterocycles. The molecule has 0 saturated carbocycles. The van der Waals surface area contributed by atoms with Crippen LogP contribution in [0.3, 0.4) is 0 Å². The lowest BCUT2D eigenvalue weighted by Crippen LogP contribution is -2.41. The van der Waals surface area contributed by atoms with E-state index in [1.807, 2.05) is 23.1 Å². The maximum absolute atomic E-state index is 11.8. The van der Waals surface area contributed by atoms with Crippen molar-refractivity contribution in [3.63, 3.8) is 0 Å². The first kappa shape index (κ1) is 10.6. The van der Waals surface area contributed by atoms with Crippen LogP contribution in [-0.4, -0.2) is 27.2 Å². The van der Waals surface area contributed by atoms with Gasteiger partial charge in [-0.2, -0.15) is 0 Å². The minimum absolute atomic E-state index is 0.00466. The molecule has 2 heterocycles. The number of aromatic nitrogens is 1. The Bertz CT molecular complexity index is 342. The van der Waals surface area contributed by atoms with E-state index in [0.29, 0.717) is 6.54 Å². The minimum atomic E-state index is -0.00466. The number of halogens is 1. The van der Waals surface area contributed by atoms with Crippen LogP contribution in [0, 0.1) is 0 Å². The minimum Gasteiger partial charge on any atom is -0.336 e. The van der Waals surface area contributed by atoms with Crippen LogP contribution in [0.1, 0.15) is 18.5 Å². The zero-order chi connectivity index (χ0) is 10.7. The molecule has 1 saturated heterocycles. The van der Waals surface area contributed by atoms with Crippen molar-refractivity contribution in [3.05, 3.63) is 30.1 Å². The fourth-order valence-electron chi connectivity index (χ4n) is 1.74. The van der Waals surface area contributed by atoms with Gasteiger partial charge in [0.05, 0.1) is 17.1 Å². The molecule has 0 radical (unpaired) electrons. The summed E-state index contributed by atoms with van der Waals surface area (Å²) in [6.07, 6.45) is 3.77. The zero-order valence-corrected chi connectivity index (χ0v) is 9.98. The van der Waals surface area contributed by atoms with E-state index in [1.165, 1.54) is 0 Å². The van der Waals surface area contributed by atoms with Crippen LogP contribution in [0.25, 0.3) is 0 Å². The molecule has 1 aliphatic rings. The third-order valence-electron chi connectivity index (χ3n) is 2.54. The summed E-state index contributed by atoms with van der Waals surface area (Å²) in [6.45, 7) is 1.47. The van der Waals surface area contributed by atoms with Gasteiger partial charge in [0.15, 0.2) is 0 Å². The predicted molar refractivity (Wildman–Crippen MR) is 61.6 cm³/mol. The Balaban J connectivity index is 2.03. The molecule has 2 rings (SSSR count). The highest BCUT2D eigenvalue weighted by atomic mass is 79.9. The van der Waals surface area contributed by atoms with E-state index < -0.39 is 0 Å². The van der Waals surface area contributed by atoms with Crippen LogP contribution < -0.4 is 0 Å². The first-order valence-corrected chi connectivity index (χ1v) is 6.02. The number of hydrogen-bond donors (Lipinski definition) is 0. The van der Waals surface area contributed by atoms with E-state index in [0.717, 1.165) is 25.1 Å². The van der Waals surface area contributed by atoms with E-state index in [-0.39, 0.29) is 10.7 Å². The number of carbonyl (C=O) groups is 1. The van der Waals surface area contributed by atoms with E-state index in [9.17, 15) is 4.79 Å². The number of amides is 1. The summed E-state index contributed by atoms with van der Waals surface area (Å²) >= 11 is 3.40. The van der Waals surface area contributed by atoms with Crippen molar-refractivity contribution in [3.8, 4) is 0 Å². The lowest BCUT2D eigenvalue weighted by Gasteiger charge is -2.29. The van der Waals surface area contributed by atoms with Gasteiger partial charge in [-0.05, 0) is 25.0 Å². The Morgan fingerprint density at radius 2 is 2.40 bits per heavy atom. The molecule has 1 amide bonds. The Hall–Kier alpha value is -0.900. The molecule has 0 aliphatic carbocycles. The SMILES string of the molecule is O=C1C(Br)CCCN1Cc1ccccn1. The van der Waals surface area contributed by atoms with E-state index >= 15 is 0 Å². The average Bonchev–Trinajstić information content (AvgIpc) is 2.26. The second kappa shape index (κ2) is 4.75. The van der Waals surface area contributed by atoms with Gasteiger partial charge < -0.3 is 4.90 Å². The fraction of sp³-hybridized carbons (Fsp3) is 0.455. The van der Waals surface area contributed by atoms with E-state index in [1.54, 1.807) is 6.20 Å². The van der Waals surface area contributed by atoms with Crippen molar-refractivity contribution < 1.29 is 4.79 Å². The van der Waals surface area contributed by atoms with Crippen LogP contribution in [0.5, 0.6) is 0 Å². The number of nitrogens with zero attached hydrogens (tertiary/aromatic N) is 2. The number of piperidine rings is 1. The highest BCUT2D eigenvalue weighted by Crippen LogP contribution is 2.19. The number of carbonyl (C=O) groups excluding carboxylic acids is 1. The highest BCUT2D eigenvalue weighted by molar-refractivity contribution is 9.10. The molecule has 1 aromatic heterocycles. The smallest absolute Gasteiger partial charge is 0.236 e. The number of pyridine rings is 1. The topological polar surface area (TPSA) is 33.2 Å². The number of rotatable bonds is 2. The summed E-state index contributed by atoms with van der Waals surface area (Å²) < 4.78 is 0. The third-order valence-corrected chi connectivity index (χ3v) is 3.39. The molecule has 0 bridgehead atoms. The molecule has 0 N–H and O–H groups in total. The van der Waals surface area contributed by atoms with Crippen LogP contribution >= 0.6 is 15.9 Å². The molecular formula is C11H13BrN2O. The van der Waals surface area contributed by atoms with Crippen molar-refractivity contribution in [1.82, 2.24) is 9.88 Å². The van der Waals surface area contributed by atoms with Crippen LogP contribution in [-0.2, 0) is 11.3 Å². The average molecular weight is 269 g/mol. The molecule has 80 valence electrons. The van der Waals surface area contributed by atoms with Gasteiger partial charge in [0.1, 0.15) is 0 Å². The summed E-state index contributed by atoms with van der Waals surface area (Å²) in [5.41, 5.74) is 0.951. The summed E-state index contributed by atoms with van der Waals surface area (Å²) in [5.74, 6) is 0.187. The summed E-state index contributed by atoms with van der Waals surface area (Å²) in [7, 11) is 0. The first-order valence-electron chi connectivity index (χ1n) is 5.10. The van der Waals surface area contributed by atoms with Crippen molar-refractivity contribution in [2.45, 2.75) is 24.2 Å². The van der Waals surface area contributed by atoms with Crippen LogP contribution in [0.4, 0.5) is 0 Å². The number of likely N-dealkylation sites (tertiary alicyclic amines) is 1. The molecule has 3 nitrogen and oxygen atoms in total. The van der Waals surface area contributed by atoms with Gasteiger partial charge in [-0.15, -0.1) is 0 Å². The molecule has 1 fully saturated rings. The van der Waals surface area contributed by atoms with Gasteiger partial charge in [0.25, 0.3) is 0 Å². The van der Waals surface area contributed by atoms with Crippen LogP contribution in [0.15, 0.2) is 24.4 Å². The molecule has 0 aromatic carbocycles. The van der Waals surface area contributed by atoms with Crippen molar-refractivity contribution in [2.24, 2.45) is 0 Å². The van der Waals surface area contributed by atoms with Gasteiger partial charge in [-0.1, -0.05) is 22.0 Å². The van der Waals surface area contributed by atoms with Gasteiger partial charge in [0, 0.05) is 12.7 Å².